The summed E-state index contributed by atoms with van der Waals surface area (Å²) in [6, 6.07) is 7.93. The Bertz CT molecular complexity index is 743. The number of aliphatic carboxylic acids is 1. The summed E-state index contributed by atoms with van der Waals surface area (Å²) in [5.41, 5.74) is 0.550. The van der Waals surface area contributed by atoms with Gasteiger partial charge in [-0.25, -0.2) is 4.79 Å². The van der Waals surface area contributed by atoms with Crippen molar-refractivity contribution in [1.82, 2.24) is 14.7 Å². The summed E-state index contributed by atoms with van der Waals surface area (Å²) in [5, 5.41) is 23.6. The lowest BCUT2D eigenvalue weighted by atomic mass is 10.1. The standard InChI is InChI=1S/C15H16N4O5/c1-11(15(21)22)18(8-12-5-3-2-4-6-12)14(20)10-17-9-13(7-16-17)19(23)24/h2-7,9,11H,8,10H2,1H3,(H,21,22). The zero-order chi connectivity index (χ0) is 17.7. The predicted molar refractivity (Wildman–Crippen MR) is 83.0 cm³/mol. The van der Waals surface area contributed by atoms with Crippen LogP contribution in [0.4, 0.5) is 5.69 Å². The van der Waals surface area contributed by atoms with E-state index in [2.05, 4.69) is 5.10 Å². The molecular formula is C15H16N4O5. The van der Waals surface area contributed by atoms with Crippen LogP contribution in [0.3, 0.4) is 0 Å². The molecule has 1 aromatic heterocycles. The summed E-state index contributed by atoms with van der Waals surface area (Å²) in [5.74, 6) is -1.63. The van der Waals surface area contributed by atoms with Crippen molar-refractivity contribution in [3.8, 4) is 0 Å². The molecule has 0 aliphatic rings. The number of amides is 1. The Balaban J connectivity index is 2.17. The number of aromatic nitrogens is 2. The van der Waals surface area contributed by atoms with Crippen LogP contribution in [0.2, 0.25) is 0 Å². The number of nitro groups is 1. The van der Waals surface area contributed by atoms with Gasteiger partial charge in [-0.3, -0.25) is 19.6 Å². The fourth-order valence-electron chi connectivity index (χ4n) is 2.12. The van der Waals surface area contributed by atoms with Crippen LogP contribution in [0.25, 0.3) is 0 Å². The Hall–Kier alpha value is -3.23. The summed E-state index contributed by atoms with van der Waals surface area (Å²) in [6.45, 7) is 1.25. The number of benzene rings is 1. The molecule has 2 aromatic rings. The summed E-state index contributed by atoms with van der Waals surface area (Å²) in [6.07, 6.45) is 2.17. The molecule has 126 valence electrons. The summed E-state index contributed by atoms with van der Waals surface area (Å²) in [4.78, 5) is 35.0. The third-order valence-corrected chi connectivity index (χ3v) is 3.47. The van der Waals surface area contributed by atoms with E-state index in [0.29, 0.717) is 0 Å². The van der Waals surface area contributed by atoms with Crippen molar-refractivity contribution >= 4 is 17.6 Å². The monoisotopic (exact) mass is 332 g/mol. The van der Waals surface area contributed by atoms with Gasteiger partial charge >= 0.3 is 11.7 Å². The number of carboxylic acids is 1. The highest BCUT2D eigenvalue weighted by Crippen LogP contribution is 2.12. The highest BCUT2D eigenvalue weighted by Gasteiger charge is 2.26. The number of rotatable bonds is 7. The van der Waals surface area contributed by atoms with Crippen LogP contribution in [0, 0.1) is 10.1 Å². The minimum atomic E-state index is -1.13. The molecule has 9 nitrogen and oxygen atoms in total. The predicted octanol–water partition coefficient (Wildman–Crippen LogP) is 1.29. The van der Waals surface area contributed by atoms with Crippen LogP contribution in [-0.4, -0.2) is 42.6 Å². The van der Waals surface area contributed by atoms with Gasteiger partial charge in [-0.2, -0.15) is 5.10 Å². The van der Waals surface area contributed by atoms with E-state index in [1.807, 2.05) is 6.07 Å². The SMILES string of the molecule is CC(C(=O)O)N(Cc1ccccc1)C(=O)Cn1cc([N+](=O)[O-])cn1. The van der Waals surface area contributed by atoms with Gasteiger partial charge in [-0.05, 0) is 12.5 Å². The van der Waals surface area contributed by atoms with Crippen LogP contribution < -0.4 is 0 Å². The zero-order valence-electron chi connectivity index (χ0n) is 12.9. The smallest absolute Gasteiger partial charge is 0.326 e. The average molecular weight is 332 g/mol. The number of carbonyl (C=O) groups is 2. The molecule has 24 heavy (non-hydrogen) atoms. The van der Waals surface area contributed by atoms with E-state index in [4.69, 9.17) is 0 Å². The molecule has 1 amide bonds. The molecule has 0 spiro atoms. The third-order valence-electron chi connectivity index (χ3n) is 3.47. The fourth-order valence-corrected chi connectivity index (χ4v) is 2.12. The molecule has 2 rings (SSSR count). The normalized spacial score (nSPS) is 11.7. The van der Waals surface area contributed by atoms with Crippen LogP contribution in [0.5, 0.6) is 0 Å². The van der Waals surface area contributed by atoms with Crippen molar-refractivity contribution in [3.63, 3.8) is 0 Å². The van der Waals surface area contributed by atoms with Gasteiger partial charge in [0.05, 0.1) is 4.92 Å². The maximum atomic E-state index is 12.5. The molecule has 1 aromatic carbocycles. The van der Waals surface area contributed by atoms with Gasteiger partial charge < -0.3 is 10.0 Å². The summed E-state index contributed by atoms with van der Waals surface area (Å²) >= 11 is 0. The number of carbonyl (C=O) groups excluding carboxylic acids is 1. The van der Waals surface area contributed by atoms with Crippen molar-refractivity contribution in [1.29, 1.82) is 0 Å². The lowest BCUT2D eigenvalue weighted by Gasteiger charge is -2.26. The van der Waals surface area contributed by atoms with E-state index in [9.17, 15) is 24.8 Å². The van der Waals surface area contributed by atoms with Crippen molar-refractivity contribution < 1.29 is 19.6 Å². The number of hydrogen-bond donors (Lipinski definition) is 1. The van der Waals surface area contributed by atoms with E-state index in [1.54, 1.807) is 24.3 Å². The Morgan fingerprint density at radius 3 is 2.58 bits per heavy atom. The van der Waals surface area contributed by atoms with Gasteiger partial charge in [-0.15, -0.1) is 0 Å². The molecule has 0 saturated heterocycles. The first-order valence-corrected chi connectivity index (χ1v) is 7.11. The topological polar surface area (TPSA) is 119 Å². The fraction of sp³-hybridized carbons (Fsp3) is 0.267. The highest BCUT2D eigenvalue weighted by atomic mass is 16.6. The second-order valence-electron chi connectivity index (χ2n) is 5.17. The van der Waals surface area contributed by atoms with E-state index in [1.165, 1.54) is 11.8 Å². The summed E-state index contributed by atoms with van der Waals surface area (Å²) in [7, 11) is 0. The van der Waals surface area contributed by atoms with E-state index in [0.717, 1.165) is 22.6 Å². The van der Waals surface area contributed by atoms with Crippen LogP contribution in [0.1, 0.15) is 12.5 Å². The molecular weight excluding hydrogens is 316 g/mol. The largest absolute Gasteiger partial charge is 0.480 e. The zero-order valence-corrected chi connectivity index (χ0v) is 12.9. The van der Waals surface area contributed by atoms with Gasteiger partial charge in [0.15, 0.2) is 0 Å². The molecule has 0 aliphatic heterocycles. The Morgan fingerprint density at radius 1 is 1.38 bits per heavy atom. The molecule has 1 atom stereocenters. The van der Waals surface area contributed by atoms with E-state index in [-0.39, 0.29) is 18.8 Å². The minimum Gasteiger partial charge on any atom is -0.480 e. The average Bonchev–Trinajstić information content (AvgIpc) is 3.01. The first-order chi connectivity index (χ1) is 11.4. The highest BCUT2D eigenvalue weighted by molar-refractivity contribution is 5.83. The number of hydrogen-bond acceptors (Lipinski definition) is 5. The molecule has 1 heterocycles. The van der Waals surface area contributed by atoms with Crippen molar-refractivity contribution in [2.24, 2.45) is 0 Å². The van der Waals surface area contributed by atoms with Gasteiger partial charge in [0.1, 0.15) is 25.0 Å². The van der Waals surface area contributed by atoms with Crippen LogP contribution >= 0.6 is 0 Å². The molecule has 0 bridgehead atoms. The van der Waals surface area contributed by atoms with Crippen molar-refractivity contribution in [2.75, 3.05) is 0 Å². The maximum Gasteiger partial charge on any atom is 0.326 e. The Morgan fingerprint density at radius 2 is 2.04 bits per heavy atom. The second kappa shape index (κ2) is 7.36. The molecule has 9 heteroatoms. The van der Waals surface area contributed by atoms with E-state index >= 15 is 0 Å². The number of nitrogens with zero attached hydrogens (tertiary/aromatic N) is 4. The Labute approximate surface area is 137 Å². The van der Waals surface area contributed by atoms with Crippen molar-refractivity contribution in [2.45, 2.75) is 26.1 Å². The van der Waals surface area contributed by atoms with Gasteiger partial charge in [0.25, 0.3) is 0 Å². The first-order valence-electron chi connectivity index (χ1n) is 7.11. The second-order valence-corrected chi connectivity index (χ2v) is 5.17. The van der Waals surface area contributed by atoms with Gasteiger partial charge in [0, 0.05) is 6.54 Å². The molecule has 1 N–H and O–H groups in total. The molecule has 0 fully saturated rings. The van der Waals surface area contributed by atoms with Crippen LogP contribution in [0.15, 0.2) is 42.7 Å². The maximum absolute atomic E-state index is 12.5. The first kappa shape index (κ1) is 17.1. The van der Waals surface area contributed by atoms with Crippen molar-refractivity contribution in [3.05, 3.63) is 58.4 Å². The molecule has 0 aliphatic carbocycles. The number of carboxylic acid groups (broad SMARTS) is 1. The quantitative estimate of drug-likeness (QED) is 0.603. The third kappa shape index (κ3) is 4.15. The van der Waals surface area contributed by atoms with E-state index < -0.39 is 22.8 Å². The molecule has 0 radical (unpaired) electrons. The summed E-state index contributed by atoms with van der Waals surface area (Å²) < 4.78 is 1.12. The molecule has 1 unspecified atom stereocenters. The van der Waals surface area contributed by atoms with Crippen LogP contribution in [-0.2, 0) is 22.7 Å². The molecule has 0 saturated carbocycles. The van der Waals surface area contributed by atoms with Gasteiger partial charge in [-0.1, -0.05) is 30.3 Å². The lowest BCUT2D eigenvalue weighted by molar-refractivity contribution is -0.385. The van der Waals surface area contributed by atoms with Gasteiger partial charge in [0.2, 0.25) is 5.91 Å². The minimum absolute atomic E-state index is 0.122. The lowest BCUT2D eigenvalue weighted by Crippen LogP contribution is -2.44. The Kier molecular flexibility index (Phi) is 5.25.